The van der Waals surface area contributed by atoms with Gasteiger partial charge in [-0.3, -0.25) is 9.59 Å². The Bertz CT molecular complexity index is 383. The second kappa shape index (κ2) is 11.1. The van der Waals surface area contributed by atoms with E-state index in [1.54, 1.807) is 6.92 Å². The van der Waals surface area contributed by atoms with Crippen LogP contribution in [0.4, 0.5) is 0 Å². The molecule has 0 aliphatic carbocycles. The Kier molecular flexibility index (Phi) is 10.2. The molecule has 0 fully saturated rings. The molecule has 0 aromatic rings. The fraction of sp³-hybridized carbons (Fsp3) is 0.692. The van der Waals surface area contributed by atoms with Crippen molar-refractivity contribution in [2.75, 3.05) is 31.7 Å². The van der Waals surface area contributed by atoms with Gasteiger partial charge in [-0.1, -0.05) is 6.92 Å². The molecule has 20 heavy (non-hydrogen) atoms. The molecule has 0 spiro atoms. The van der Waals surface area contributed by atoms with Crippen LogP contribution in [-0.2, 0) is 14.3 Å². The van der Waals surface area contributed by atoms with Gasteiger partial charge in [0.1, 0.15) is 0 Å². The van der Waals surface area contributed by atoms with Gasteiger partial charge in [0.25, 0.3) is 0 Å². The smallest absolute Gasteiger partial charge is 0.309 e. The number of ether oxygens (including phenoxy) is 1. The van der Waals surface area contributed by atoms with Crippen LogP contribution in [0, 0.1) is 28.6 Å². The van der Waals surface area contributed by atoms with Gasteiger partial charge in [0.15, 0.2) is 0 Å². The maximum atomic E-state index is 11.9. The van der Waals surface area contributed by atoms with Gasteiger partial charge in [-0.15, -0.1) is 0 Å². The third-order valence-electron chi connectivity index (χ3n) is 2.54. The molecule has 0 saturated heterocycles. The molecule has 0 aliphatic heterocycles. The van der Waals surface area contributed by atoms with Crippen LogP contribution in [0.25, 0.3) is 0 Å². The molecule has 0 aromatic heterocycles. The van der Waals surface area contributed by atoms with Crippen LogP contribution in [0.2, 0.25) is 0 Å². The molecule has 0 aliphatic rings. The van der Waals surface area contributed by atoms with E-state index in [2.05, 4.69) is 4.74 Å². The van der Waals surface area contributed by atoms with Gasteiger partial charge in [0.05, 0.1) is 43.8 Å². The molecule has 6 nitrogen and oxygen atoms in total. The molecule has 0 aromatic carbocycles. The van der Waals surface area contributed by atoms with E-state index in [0.717, 1.165) is 0 Å². The van der Waals surface area contributed by atoms with E-state index in [4.69, 9.17) is 10.5 Å². The molecular formula is C13H19N3O3S. The summed E-state index contributed by atoms with van der Waals surface area (Å²) >= 11 is 1.35. The zero-order valence-corrected chi connectivity index (χ0v) is 12.6. The van der Waals surface area contributed by atoms with Crippen molar-refractivity contribution in [3.05, 3.63) is 0 Å². The predicted molar refractivity (Wildman–Crippen MR) is 75.5 cm³/mol. The molecule has 1 atom stereocenters. The van der Waals surface area contributed by atoms with E-state index in [1.807, 2.05) is 12.1 Å². The van der Waals surface area contributed by atoms with Crippen LogP contribution in [-0.4, -0.2) is 48.5 Å². The summed E-state index contributed by atoms with van der Waals surface area (Å²) in [5.41, 5.74) is 0. The summed E-state index contributed by atoms with van der Waals surface area (Å²) in [6.07, 6.45) is 0.501. The first-order valence-corrected chi connectivity index (χ1v) is 7.39. The third kappa shape index (κ3) is 7.65. The molecule has 0 heterocycles. The number of carbonyl (C=O) groups is 2. The number of thioether (sulfide) groups is 1. The lowest BCUT2D eigenvalue weighted by Gasteiger charge is -2.20. The van der Waals surface area contributed by atoms with Gasteiger partial charge in [-0.2, -0.15) is 22.3 Å². The largest absolute Gasteiger partial charge is 0.469 e. The van der Waals surface area contributed by atoms with Gasteiger partial charge in [0.2, 0.25) is 5.91 Å². The van der Waals surface area contributed by atoms with Crippen molar-refractivity contribution < 1.29 is 14.3 Å². The van der Waals surface area contributed by atoms with Crippen LogP contribution >= 0.6 is 11.8 Å². The Balaban J connectivity index is 4.15. The first kappa shape index (κ1) is 18.3. The zero-order valence-electron chi connectivity index (χ0n) is 11.8. The SMILES string of the molecule is COC(=O)C(C)CSCC(=O)N(CCC#N)CCC#N. The minimum absolute atomic E-state index is 0.113. The average Bonchev–Trinajstić information content (AvgIpc) is 2.46. The van der Waals surface area contributed by atoms with Crippen LogP contribution in [0.3, 0.4) is 0 Å². The van der Waals surface area contributed by atoms with E-state index in [1.165, 1.54) is 23.8 Å². The topological polar surface area (TPSA) is 94.2 Å². The van der Waals surface area contributed by atoms with Crippen molar-refractivity contribution in [1.82, 2.24) is 4.90 Å². The molecule has 1 amide bonds. The van der Waals surface area contributed by atoms with Crippen molar-refractivity contribution in [1.29, 1.82) is 10.5 Å². The molecule has 0 N–H and O–H groups in total. The number of amides is 1. The van der Waals surface area contributed by atoms with Crippen molar-refractivity contribution in [3.63, 3.8) is 0 Å². The lowest BCUT2D eigenvalue weighted by atomic mass is 10.2. The quantitative estimate of drug-likeness (QED) is 0.593. The maximum Gasteiger partial charge on any atom is 0.309 e. The second-order valence-electron chi connectivity index (χ2n) is 4.14. The standard InChI is InChI=1S/C13H19N3O3S/c1-11(13(18)19-2)9-20-10-12(17)16(7-3-5-14)8-4-6-15/h11H,3-4,7-10H2,1-2H3. The number of nitriles is 2. The molecule has 0 radical (unpaired) electrons. The fourth-order valence-corrected chi connectivity index (χ4v) is 2.38. The van der Waals surface area contributed by atoms with Gasteiger partial charge < -0.3 is 9.64 Å². The van der Waals surface area contributed by atoms with Crippen molar-refractivity contribution in [2.45, 2.75) is 19.8 Å². The monoisotopic (exact) mass is 297 g/mol. The summed E-state index contributed by atoms with van der Waals surface area (Å²) in [6.45, 7) is 2.42. The minimum atomic E-state index is -0.296. The molecule has 0 rings (SSSR count). The maximum absolute atomic E-state index is 11.9. The highest BCUT2D eigenvalue weighted by Crippen LogP contribution is 2.11. The number of nitrogens with zero attached hydrogens (tertiary/aromatic N) is 3. The second-order valence-corrected chi connectivity index (χ2v) is 5.17. The molecule has 0 bridgehead atoms. The Morgan fingerprint density at radius 2 is 1.80 bits per heavy atom. The Hall–Kier alpha value is -1.73. The van der Waals surface area contributed by atoms with E-state index in [-0.39, 0.29) is 36.4 Å². The molecular weight excluding hydrogens is 278 g/mol. The lowest BCUT2D eigenvalue weighted by molar-refractivity contribution is -0.144. The summed E-state index contributed by atoms with van der Waals surface area (Å²) < 4.78 is 4.60. The van der Waals surface area contributed by atoms with Gasteiger partial charge in [-0.25, -0.2) is 0 Å². The van der Waals surface area contributed by atoms with Crippen molar-refractivity contribution >= 4 is 23.6 Å². The predicted octanol–water partition coefficient (Wildman–Crippen LogP) is 1.18. The van der Waals surface area contributed by atoms with Crippen LogP contribution in [0.15, 0.2) is 0 Å². The van der Waals surface area contributed by atoms with Crippen LogP contribution < -0.4 is 0 Å². The number of rotatable bonds is 9. The summed E-state index contributed by atoms with van der Waals surface area (Å²) in [6, 6.07) is 3.96. The number of methoxy groups -OCH3 is 1. The summed E-state index contributed by atoms with van der Waals surface area (Å²) in [4.78, 5) is 24.7. The zero-order chi connectivity index (χ0) is 15.4. The molecule has 7 heteroatoms. The van der Waals surface area contributed by atoms with E-state index < -0.39 is 0 Å². The fourth-order valence-electron chi connectivity index (χ4n) is 1.41. The van der Waals surface area contributed by atoms with Gasteiger partial charge >= 0.3 is 5.97 Å². The van der Waals surface area contributed by atoms with Crippen molar-refractivity contribution in [2.24, 2.45) is 5.92 Å². The normalized spacial score (nSPS) is 11.0. The van der Waals surface area contributed by atoms with E-state index in [9.17, 15) is 9.59 Å². The Morgan fingerprint density at radius 3 is 2.25 bits per heavy atom. The first-order chi connectivity index (χ1) is 9.56. The number of hydrogen-bond acceptors (Lipinski definition) is 6. The lowest BCUT2D eigenvalue weighted by Crippen LogP contribution is -2.34. The Labute approximate surface area is 123 Å². The van der Waals surface area contributed by atoms with Gasteiger partial charge in [-0.05, 0) is 0 Å². The average molecular weight is 297 g/mol. The number of esters is 1. The highest BCUT2D eigenvalue weighted by molar-refractivity contribution is 7.99. The third-order valence-corrected chi connectivity index (χ3v) is 3.72. The van der Waals surface area contributed by atoms with E-state index >= 15 is 0 Å². The number of carbonyl (C=O) groups excluding carboxylic acids is 2. The molecule has 110 valence electrons. The van der Waals surface area contributed by atoms with E-state index in [0.29, 0.717) is 18.8 Å². The number of hydrogen-bond donors (Lipinski definition) is 0. The first-order valence-electron chi connectivity index (χ1n) is 6.24. The highest BCUT2D eigenvalue weighted by Gasteiger charge is 2.16. The summed E-state index contributed by atoms with van der Waals surface area (Å²) in [5, 5.41) is 17.1. The molecule has 1 unspecified atom stereocenters. The van der Waals surface area contributed by atoms with Crippen LogP contribution in [0.1, 0.15) is 19.8 Å². The van der Waals surface area contributed by atoms with Gasteiger partial charge in [0, 0.05) is 18.8 Å². The summed E-state index contributed by atoms with van der Waals surface area (Å²) in [7, 11) is 1.33. The van der Waals surface area contributed by atoms with Crippen molar-refractivity contribution in [3.8, 4) is 12.1 Å². The highest BCUT2D eigenvalue weighted by atomic mass is 32.2. The minimum Gasteiger partial charge on any atom is -0.469 e. The molecule has 0 saturated carbocycles. The van der Waals surface area contributed by atoms with Crippen LogP contribution in [0.5, 0.6) is 0 Å². The summed E-state index contributed by atoms with van der Waals surface area (Å²) in [5.74, 6) is 0.0683. The Morgan fingerprint density at radius 1 is 1.25 bits per heavy atom.